The summed E-state index contributed by atoms with van der Waals surface area (Å²) in [5, 5.41) is 33.5. The molecule has 0 fully saturated rings. The molecule has 0 aliphatic heterocycles. The van der Waals surface area contributed by atoms with Crippen molar-refractivity contribution in [2.45, 2.75) is 19.5 Å². The third-order valence-corrected chi connectivity index (χ3v) is 6.16. The van der Waals surface area contributed by atoms with Gasteiger partial charge in [-0.2, -0.15) is 0 Å². The summed E-state index contributed by atoms with van der Waals surface area (Å²) in [4.78, 5) is 63.5. The molecule has 2 aromatic carbocycles. The Morgan fingerprint density at radius 1 is 0.500 bits per heavy atom. The first kappa shape index (κ1) is 33.9. The van der Waals surface area contributed by atoms with Crippen molar-refractivity contribution in [2.24, 2.45) is 0 Å². The van der Waals surface area contributed by atoms with E-state index in [0.717, 1.165) is 11.1 Å². The van der Waals surface area contributed by atoms with Crippen LogP contribution in [-0.4, -0.2) is 119 Å². The van der Waals surface area contributed by atoms with Gasteiger partial charge in [-0.05, 0) is 17.5 Å². The van der Waals surface area contributed by atoms with Gasteiger partial charge in [-0.1, -0.05) is 60.7 Å². The smallest absolute Gasteiger partial charge is 0.317 e. The summed E-state index contributed by atoms with van der Waals surface area (Å²) in [5.74, 6) is -3.99. The SMILES string of the molecule is O=C(O)CN(CCCN(CC(=O)O)CC(=O)NCc1ccccc1)CCN(CC(=O)O)CC(=O)NCc1ccccc1. The lowest BCUT2D eigenvalue weighted by Gasteiger charge is -2.26. The number of amides is 2. The molecule has 13 nitrogen and oxygen atoms in total. The van der Waals surface area contributed by atoms with Crippen LogP contribution in [0.1, 0.15) is 17.5 Å². The number of rotatable bonds is 21. The average molecular weight is 586 g/mol. The molecule has 228 valence electrons. The van der Waals surface area contributed by atoms with E-state index in [0.29, 0.717) is 19.5 Å². The molecule has 0 heterocycles. The number of carboxylic acids is 3. The topological polar surface area (TPSA) is 180 Å². The molecule has 13 heteroatoms. The molecule has 0 atom stereocenters. The van der Waals surface area contributed by atoms with Crippen LogP contribution in [0.4, 0.5) is 0 Å². The van der Waals surface area contributed by atoms with Crippen LogP contribution < -0.4 is 10.6 Å². The fourth-order valence-corrected chi connectivity index (χ4v) is 4.18. The van der Waals surface area contributed by atoms with Crippen molar-refractivity contribution < 1.29 is 39.3 Å². The Balaban J connectivity index is 1.87. The number of benzene rings is 2. The van der Waals surface area contributed by atoms with Crippen molar-refractivity contribution in [3.8, 4) is 0 Å². The van der Waals surface area contributed by atoms with Crippen molar-refractivity contribution >= 4 is 29.7 Å². The minimum atomic E-state index is -1.12. The van der Waals surface area contributed by atoms with E-state index in [4.69, 9.17) is 0 Å². The molecule has 0 radical (unpaired) electrons. The minimum absolute atomic E-state index is 0.124. The maximum Gasteiger partial charge on any atom is 0.317 e. The van der Waals surface area contributed by atoms with Gasteiger partial charge in [0.1, 0.15) is 0 Å². The Kier molecular flexibility index (Phi) is 15.3. The summed E-state index contributed by atoms with van der Waals surface area (Å²) in [5.41, 5.74) is 1.81. The molecule has 0 saturated carbocycles. The van der Waals surface area contributed by atoms with Gasteiger partial charge < -0.3 is 26.0 Å². The van der Waals surface area contributed by atoms with Gasteiger partial charge in [-0.25, -0.2) is 0 Å². The number of carbonyl (C=O) groups excluding carboxylic acids is 2. The molecule has 2 aromatic rings. The number of nitrogens with one attached hydrogen (secondary N) is 2. The molecule has 0 aromatic heterocycles. The largest absolute Gasteiger partial charge is 0.480 e. The van der Waals surface area contributed by atoms with E-state index in [-0.39, 0.29) is 64.2 Å². The second-order valence-corrected chi connectivity index (χ2v) is 9.76. The summed E-state index contributed by atoms with van der Waals surface area (Å²) < 4.78 is 0. The molecule has 42 heavy (non-hydrogen) atoms. The van der Waals surface area contributed by atoms with E-state index in [2.05, 4.69) is 10.6 Å². The Morgan fingerprint density at radius 3 is 1.29 bits per heavy atom. The van der Waals surface area contributed by atoms with Crippen LogP contribution in [0.2, 0.25) is 0 Å². The van der Waals surface area contributed by atoms with Crippen LogP contribution >= 0.6 is 0 Å². The van der Waals surface area contributed by atoms with Gasteiger partial charge in [-0.3, -0.25) is 38.7 Å². The van der Waals surface area contributed by atoms with Crippen LogP contribution in [0.15, 0.2) is 60.7 Å². The van der Waals surface area contributed by atoms with Crippen molar-refractivity contribution in [1.82, 2.24) is 25.3 Å². The van der Waals surface area contributed by atoms with Gasteiger partial charge in [0.2, 0.25) is 11.8 Å². The first-order valence-electron chi connectivity index (χ1n) is 13.5. The number of aliphatic carboxylic acids is 3. The maximum atomic E-state index is 12.4. The summed E-state index contributed by atoms with van der Waals surface area (Å²) in [6.45, 7) is -0.0118. The van der Waals surface area contributed by atoms with Crippen molar-refractivity contribution in [1.29, 1.82) is 0 Å². The molecule has 0 aliphatic carbocycles. The predicted octanol–water partition coefficient (Wildman–Crippen LogP) is 0.169. The van der Waals surface area contributed by atoms with Crippen molar-refractivity contribution in [3.05, 3.63) is 71.8 Å². The molecular weight excluding hydrogens is 546 g/mol. The molecule has 5 N–H and O–H groups in total. The van der Waals surface area contributed by atoms with Crippen molar-refractivity contribution in [2.75, 3.05) is 58.9 Å². The van der Waals surface area contributed by atoms with Crippen LogP contribution in [0.3, 0.4) is 0 Å². The lowest BCUT2D eigenvalue weighted by Crippen LogP contribution is -2.45. The maximum absolute atomic E-state index is 12.4. The number of carboxylic acid groups (broad SMARTS) is 3. The van der Waals surface area contributed by atoms with E-state index in [1.807, 2.05) is 60.7 Å². The highest BCUT2D eigenvalue weighted by Crippen LogP contribution is 2.01. The molecule has 2 rings (SSSR count). The number of hydrogen-bond acceptors (Lipinski definition) is 8. The van der Waals surface area contributed by atoms with Gasteiger partial charge in [-0.15, -0.1) is 0 Å². The Bertz CT molecular complexity index is 1150. The lowest BCUT2D eigenvalue weighted by molar-refractivity contribution is -0.141. The number of hydrogen-bond donors (Lipinski definition) is 5. The highest BCUT2D eigenvalue weighted by Gasteiger charge is 2.19. The van der Waals surface area contributed by atoms with Gasteiger partial charge in [0.05, 0.1) is 32.7 Å². The molecule has 0 aliphatic rings. The summed E-state index contributed by atoms with van der Waals surface area (Å²) >= 11 is 0. The van der Waals surface area contributed by atoms with Crippen molar-refractivity contribution in [3.63, 3.8) is 0 Å². The average Bonchev–Trinajstić information content (AvgIpc) is 2.93. The standard InChI is InChI=1S/C29H39N5O8/c35-25(30-16-23-8-3-1-4-9-23)18-33(21-28(39)40)13-7-12-32(20-27(37)38)14-15-34(22-29(41)42)19-26(36)31-17-24-10-5-2-6-11-24/h1-6,8-11H,7,12-22H2,(H,30,35)(H,31,36)(H,37,38)(H,39,40)(H,41,42). The second kappa shape index (κ2) is 18.9. The summed E-state index contributed by atoms with van der Waals surface area (Å²) in [6.07, 6.45) is 0.364. The van der Waals surface area contributed by atoms with E-state index < -0.39 is 24.5 Å². The zero-order chi connectivity index (χ0) is 30.7. The number of carbonyl (C=O) groups is 5. The first-order chi connectivity index (χ1) is 20.1. The highest BCUT2D eigenvalue weighted by molar-refractivity contribution is 5.79. The molecule has 0 bridgehead atoms. The Hall–Kier alpha value is -4.33. The van der Waals surface area contributed by atoms with Gasteiger partial charge in [0.15, 0.2) is 0 Å². The fourth-order valence-electron chi connectivity index (χ4n) is 4.18. The quantitative estimate of drug-likeness (QED) is 0.135. The highest BCUT2D eigenvalue weighted by atomic mass is 16.4. The van der Waals surface area contributed by atoms with Crippen LogP contribution in [0.25, 0.3) is 0 Å². The third kappa shape index (κ3) is 15.5. The molecule has 0 unspecified atom stereocenters. The van der Waals surface area contributed by atoms with Gasteiger partial charge in [0.25, 0.3) is 0 Å². The zero-order valence-corrected chi connectivity index (χ0v) is 23.5. The van der Waals surface area contributed by atoms with Gasteiger partial charge in [0, 0.05) is 39.3 Å². The Morgan fingerprint density at radius 2 is 0.857 bits per heavy atom. The van der Waals surface area contributed by atoms with Crippen LogP contribution in [0, 0.1) is 0 Å². The first-order valence-corrected chi connectivity index (χ1v) is 13.5. The lowest BCUT2D eigenvalue weighted by atomic mass is 10.2. The normalized spacial score (nSPS) is 11.0. The van der Waals surface area contributed by atoms with E-state index in [1.54, 1.807) is 4.90 Å². The predicted molar refractivity (Wildman–Crippen MR) is 153 cm³/mol. The monoisotopic (exact) mass is 585 g/mol. The summed E-state index contributed by atoms with van der Waals surface area (Å²) in [7, 11) is 0. The van der Waals surface area contributed by atoms with E-state index in [9.17, 15) is 39.3 Å². The Labute approximate surface area is 244 Å². The van der Waals surface area contributed by atoms with E-state index >= 15 is 0 Å². The minimum Gasteiger partial charge on any atom is -0.480 e. The van der Waals surface area contributed by atoms with Gasteiger partial charge >= 0.3 is 17.9 Å². The molecule has 0 saturated heterocycles. The molecule has 2 amide bonds. The fraction of sp³-hybridized carbons (Fsp3) is 0.414. The third-order valence-electron chi connectivity index (χ3n) is 6.16. The van der Waals surface area contributed by atoms with Crippen LogP contribution in [0.5, 0.6) is 0 Å². The summed E-state index contributed by atoms with van der Waals surface area (Å²) in [6, 6.07) is 18.5. The molecular formula is C29H39N5O8. The zero-order valence-electron chi connectivity index (χ0n) is 23.5. The second-order valence-electron chi connectivity index (χ2n) is 9.76. The van der Waals surface area contributed by atoms with Crippen LogP contribution in [-0.2, 0) is 37.1 Å². The van der Waals surface area contributed by atoms with E-state index in [1.165, 1.54) is 9.80 Å². The number of nitrogens with zero attached hydrogens (tertiary/aromatic N) is 3. The molecule has 0 spiro atoms.